The zero-order valence-corrected chi connectivity index (χ0v) is 17.9. The van der Waals surface area contributed by atoms with E-state index in [9.17, 15) is 0 Å². The van der Waals surface area contributed by atoms with Crippen molar-refractivity contribution in [2.24, 2.45) is 5.10 Å². The number of thiocarbonyl (C=S) groups is 1. The van der Waals surface area contributed by atoms with Crippen LogP contribution in [0, 0.1) is 0 Å². The third kappa shape index (κ3) is 10.8. The smallest absolute Gasteiger partial charge is 0.186 e. The minimum atomic E-state index is 0.508. The minimum Gasteiger partial charge on any atom is -0.490 e. The van der Waals surface area contributed by atoms with Crippen molar-refractivity contribution in [3.8, 4) is 11.5 Å². The molecule has 0 aromatic heterocycles. The predicted octanol–water partition coefficient (Wildman–Crippen LogP) is 5.03. The normalized spacial score (nSPS) is 10.8. The Kier molecular flexibility index (Phi) is 13.1. The number of hydrogen-bond acceptors (Lipinski definition) is 4. The van der Waals surface area contributed by atoms with Crippen LogP contribution < -0.4 is 20.2 Å². The molecule has 0 amide bonds. The van der Waals surface area contributed by atoms with Crippen LogP contribution in [0.25, 0.3) is 0 Å². The Bertz CT molecular complexity index is 564. The van der Waals surface area contributed by atoms with Gasteiger partial charge in [0.2, 0.25) is 0 Å². The first-order valence-electron chi connectivity index (χ1n) is 10.2. The van der Waals surface area contributed by atoms with Gasteiger partial charge in [0.25, 0.3) is 0 Å². The molecule has 1 aromatic carbocycles. The molecule has 1 rings (SSSR count). The third-order valence-corrected chi connectivity index (χ3v) is 4.23. The largest absolute Gasteiger partial charge is 0.490 e. The van der Waals surface area contributed by atoms with E-state index in [0.29, 0.717) is 11.7 Å². The summed E-state index contributed by atoms with van der Waals surface area (Å²) in [5.41, 5.74) is 3.71. The Morgan fingerprint density at radius 1 is 1.00 bits per heavy atom. The lowest BCUT2D eigenvalue weighted by molar-refractivity contribution is 0.270. The van der Waals surface area contributed by atoms with Crippen molar-refractivity contribution in [3.05, 3.63) is 23.8 Å². The van der Waals surface area contributed by atoms with Gasteiger partial charge >= 0.3 is 0 Å². The van der Waals surface area contributed by atoms with Gasteiger partial charge in [-0.25, -0.2) is 0 Å². The molecule has 2 N–H and O–H groups in total. The van der Waals surface area contributed by atoms with Gasteiger partial charge in [0.1, 0.15) is 0 Å². The summed E-state index contributed by atoms with van der Waals surface area (Å²) in [6, 6.07) is 5.84. The van der Waals surface area contributed by atoms with Crippen LogP contribution in [0.1, 0.15) is 71.3 Å². The van der Waals surface area contributed by atoms with Gasteiger partial charge in [-0.3, -0.25) is 5.43 Å². The highest BCUT2D eigenvalue weighted by atomic mass is 32.1. The number of unbranched alkanes of at least 4 members (excludes halogenated alkanes) is 6. The maximum Gasteiger partial charge on any atom is 0.186 e. The SMILES string of the molecule is CCCCCCCCCOc1ccc(/C=N/NC(=S)NCC)cc1OCC. The highest BCUT2D eigenvalue weighted by Gasteiger charge is 2.06. The van der Waals surface area contributed by atoms with E-state index in [1.165, 1.54) is 38.5 Å². The Hall–Kier alpha value is -1.82. The highest BCUT2D eigenvalue weighted by Crippen LogP contribution is 2.28. The number of hydrazone groups is 1. The van der Waals surface area contributed by atoms with E-state index in [-0.39, 0.29) is 0 Å². The molecule has 0 aliphatic carbocycles. The van der Waals surface area contributed by atoms with Gasteiger partial charge in [-0.2, -0.15) is 5.10 Å². The van der Waals surface area contributed by atoms with E-state index in [4.69, 9.17) is 21.7 Å². The molecule has 0 atom stereocenters. The van der Waals surface area contributed by atoms with E-state index in [1.807, 2.05) is 32.0 Å². The zero-order valence-electron chi connectivity index (χ0n) is 17.1. The van der Waals surface area contributed by atoms with Crippen LogP contribution in [-0.2, 0) is 0 Å². The lowest BCUT2D eigenvalue weighted by Crippen LogP contribution is -2.31. The number of hydrogen-bond donors (Lipinski definition) is 2. The minimum absolute atomic E-state index is 0.508. The molecule has 0 radical (unpaired) electrons. The second-order valence-corrected chi connectivity index (χ2v) is 6.75. The average Bonchev–Trinajstić information content (AvgIpc) is 2.66. The molecule has 5 nitrogen and oxygen atoms in total. The molecular weight excluding hydrogens is 358 g/mol. The van der Waals surface area contributed by atoms with E-state index in [2.05, 4.69) is 22.8 Å². The fraction of sp³-hybridized carbons (Fsp3) is 0.619. The summed E-state index contributed by atoms with van der Waals surface area (Å²) >= 11 is 5.07. The van der Waals surface area contributed by atoms with Gasteiger partial charge in [-0.05, 0) is 56.2 Å². The van der Waals surface area contributed by atoms with Gasteiger partial charge in [0.05, 0.1) is 19.4 Å². The van der Waals surface area contributed by atoms with Gasteiger partial charge < -0.3 is 14.8 Å². The molecule has 0 aliphatic heterocycles. The second kappa shape index (κ2) is 15.3. The summed E-state index contributed by atoms with van der Waals surface area (Å²) in [7, 11) is 0. The van der Waals surface area contributed by atoms with E-state index < -0.39 is 0 Å². The Morgan fingerprint density at radius 3 is 2.44 bits per heavy atom. The second-order valence-electron chi connectivity index (χ2n) is 6.34. The average molecular weight is 394 g/mol. The first-order valence-corrected chi connectivity index (χ1v) is 10.6. The number of nitrogens with one attached hydrogen (secondary N) is 2. The van der Waals surface area contributed by atoms with Crippen LogP contribution >= 0.6 is 12.2 Å². The highest BCUT2D eigenvalue weighted by molar-refractivity contribution is 7.80. The number of benzene rings is 1. The van der Waals surface area contributed by atoms with Crippen molar-refractivity contribution in [1.29, 1.82) is 0 Å². The molecule has 1 aromatic rings. The quantitative estimate of drug-likeness (QED) is 0.201. The predicted molar refractivity (Wildman–Crippen MR) is 118 cm³/mol. The summed E-state index contributed by atoms with van der Waals surface area (Å²) in [4.78, 5) is 0. The molecule has 0 saturated heterocycles. The van der Waals surface area contributed by atoms with E-state index in [0.717, 1.165) is 36.6 Å². The van der Waals surface area contributed by atoms with Gasteiger partial charge in [0, 0.05) is 6.54 Å². The van der Waals surface area contributed by atoms with Crippen LogP contribution in [0.15, 0.2) is 23.3 Å². The lowest BCUT2D eigenvalue weighted by atomic mass is 10.1. The molecule has 0 spiro atoms. The monoisotopic (exact) mass is 393 g/mol. The molecule has 0 unspecified atom stereocenters. The molecule has 27 heavy (non-hydrogen) atoms. The summed E-state index contributed by atoms with van der Waals surface area (Å²) in [6.45, 7) is 8.28. The van der Waals surface area contributed by atoms with E-state index >= 15 is 0 Å². The maximum absolute atomic E-state index is 5.93. The van der Waals surface area contributed by atoms with Crippen molar-refractivity contribution in [2.45, 2.75) is 65.7 Å². The van der Waals surface area contributed by atoms with Crippen LogP contribution in [0.5, 0.6) is 11.5 Å². The molecule has 152 valence electrons. The molecule has 0 bridgehead atoms. The third-order valence-electron chi connectivity index (χ3n) is 3.99. The standard InChI is InChI=1S/C21H35N3O2S/c1-4-7-8-9-10-11-12-15-26-19-14-13-18(16-20(19)25-6-3)17-23-24-21(27)22-5-2/h13-14,16-17H,4-12,15H2,1-3H3,(H2,22,24,27)/b23-17+. The van der Waals surface area contributed by atoms with Crippen LogP contribution in [0.3, 0.4) is 0 Å². The molecule has 0 aliphatic rings. The molecule has 0 saturated carbocycles. The zero-order chi connectivity index (χ0) is 19.7. The van der Waals surface area contributed by atoms with Crippen LogP contribution in [0.4, 0.5) is 0 Å². The number of ether oxygens (including phenoxy) is 2. The molecule has 6 heteroatoms. The Labute approximate surface area is 169 Å². The Balaban J connectivity index is 2.45. The van der Waals surface area contributed by atoms with Crippen molar-refractivity contribution < 1.29 is 9.47 Å². The fourth-order valence-corrected chi connectivity index (χ4v) is 2.80. The van der Waals surface area contributed by atoms with Crippen molar-refractivity contribution in [1.82, 2.24) is 10.7 Å². The summed E-state index contributed by atoms with van der Waals surface area (Å²) in [5, 5.41) is 7.62. The van der Waals surface area contributed by atoms with Gasteiger partial charge in [-0.15, -0.1) is 0 Å². The lowest BCUT2D eigenvalue weighted by Gasteiger charge is -2.12. The van der Waals surface area contributed by atoms with Crippen LogP contribution in [0.2, 0.25) is 0 Å². The maximum atomic E-state index is 5.93. The van der Waals surface area contributed by atoms with Crippen molar-refractivity contribution in [2.75, 3.05) is 19.8 Å². The summed E-state index contributed by atoms with van der Waals surface area (Å²) < 4.78 is 11.7. The first-order chi connectivity index (χ1) is 13.2. The topological polar surface area (TPSA) is 54.9 Å². The molecule has 0 fully saturated rings. The van der Waals surface area contributed by atoms with Gasteiger partial charge in [-0.1, -0.05) is 45.4 Å². The Morgan fingerprint density at radius 2 is 1.74 bits per heavy atom. The van der Waals surface area contributed by atoms with Crippen molar-refractivity contribution >= 4 is 23.5 Å². The van der Waals surface area contributed by atoms with Gasteiger partial charge in [0.15, 0.2) is 16.6 Å². The van der Waals surface area contributed by atoms with E-state index in [1.54, 1.807) is 6.21 Å². The first kappa shape index (κ1) is 23.2. The summed E-state index contributed by atoms with van der Waals surface area (Å²) in [5.74, 6) is 1.54. The van der Waals surface area contributed by atoms with Crippen LogP contribution in [-0.4, -0.2) is 31.1 Å². The summed E-state index contributed by atoms with van der Waals surface area (Å²) in [6.07, 6.45) is 10.6. The fourth-order valence-electron chi connectivity index (χ4n) is 2.60. The number of nitrogens with zero attached hydrogens (tertiary/aromatic N) is 1. The molecular formula is C21H35N3O2S. The number of rotatable bonds is 14. The van der Waals surface area contributed by atoms with Crippen molar-refractivity contribution in [3.63, 3.8) is 0 Å². The molecule has 0 heterocycles.